The van der Waals surface area contributed by atoms with Crippen LogP contribution in [0.1, 0.15) is 11.1 Å². The summed E-state index contributed by atoms with van der Waals surface area (Å²) in [4.78, 5) is 2.95. The first-order chi connectivity index (χ1) is 9.21. The Hall–Kier alpha value is -0.143. The van der Waals surface area contributed by atoms with Crippen molar-refractivity contribution < 1.29 is 8.42 Å². The first-order valence-corrected chi connectivity index (χ1v) is 13.2. The van der Waals surface area contributed by atoms with Crippen LogP contribution in [0.4, 0.5) is 0 Å². The van der Waals surface area contributed by atoms with E-state index in [1.807, 2.05) is 19.2 Å². The van der Waals surface area contributed by atoms with Gasteiger partial charge in [0.2, 0.25) is 9.84 Å². The molecule has 0 N–H and O–H groups in total. The Labute approximate surface area is 133 Å². The zero-order chi connectivity index (χ0) is 14.9. The van der Waals surface area contributed by atoms with Crippen molar-refractivity contribution in [3.63, 3.8) is 0 Å². The number of rotatable bonds is 2. The molecule has 3 rings (SSSR count). The van der Waals surface area contributed by atoms with Gasteiger partial charge in [-0.15, -0.1) is 34.3 Å². The number of halogens is 1. The van der Waals surface area contributed by atoms with E-state index in [0.29, 0.717) is 15.3 Å². The Kier molecular flexibility index (Phi) is 3.27. The van der Waals surface area contributed by atoms with Crippen LogP contribution in [0.3, 0.4) is 0 Å². The molecule has 3 heterocycles. The molecule has 0 atom stereocenters. The van der Waals surface area contributed by atoms with E-state index in [4.69, 9.17) is 11.6 Å². The molecule has 7 heteroatoms. The maximum absolute atomic E-state index is 12.8. The van der Waals surface area contributed by atoms with Crippen molar-refractivity contribution in [2.24, 2.45) is 0 Å². The molecule has 0 spiro atoms. The summed E-state index contributed by atoms with van der Waals surface area (Å²) in [6.45, 7) is 8.20. The SMILES string of the molecule is Cc1csc2c1S(=O)(=O)c1c-2sc([Si](C)(C)CCl)c1C. The topological polar surface area (TPSA) is 34.1 Å². The maximum atomic E-state index is 12.8. The zero-order valence-corrected chi connectivity index (χ0v) is 15.9. The van der Waals surface area contributed by atoms with Crippen LogP contribution in [0.15, 0.2) is 15.2 Å². The van der Waals surface area contributed by atoms with Crippen LogP contribution in [0.5, 0.6) is 0 Å². The molecule has 1 aliphatic heterocycles. The summed E-state index contributed by atoms with van der Waals surface area (Å²) < 4.78 is 26.8. The molecule has 0 amide bonds. The monoisotopic (exact) mass is 362 g/mol. The lowest BCUT2D eigenvalue weighted by Gasteiger charge is -2.18. The molecule has 0 radical (unpaired) electrons. The van der Waals surface area contributed by atoms with E-state index in [-0.39, 0.29) is 0 Å². The predicted molar refractivity (Wildman–Crippen MR) is 90.4 cm³/mol. The highest BCUT2D eigenvalue weighted by molar-refractivity contribution is 7.92. The summed E-state index contributed by atoms with van der Waals surface area (Å²) in [7, 11) is -5.07. The van der Waals surface area contributed by atoms with Crippen molar-refractivity contribution in [2.75, 3.05) is 5.50 Å². The molecule has 0 aliphatic carbocycles. The highest BCUT2D eigenvalue weighted by Gasteiger charge is 2.42. The minimum Gasteiger partial charge on any atom is -0.218 e. The van der Waals surface area contributed by atoms with E-state index in [0.717, 1.165) is 20.9 Å². The second-order valence-electron chi connectivity index (χ2n) is 5.81. The third-order valence-electron chi connectivity index (χ3n) is 3.70. The molecule has 0 saturated heterocycles. The van der Waals surface area contributed by atoms with E-state index >= 15 is 0 Å². The summed E-state index contributed by atoms with van der Waals surface area (Å²) in [6.07, 6.45) is 0. The van der Waals surface area contributed by atoms with Gasteiger partial charge in [0.15, 0.2) is 0 Å². The Morgan fingerprint density at radius 3 is 2.45 bits per heavy atom. The van der Waals surface area contributed by atoms with Crippen LogP contribution in [0.2, 0.25) is 13.1 Å². The second kappa shape index (κ2) is 4.43. The molecule has 1 aliphatic rings. The normalized spacial score (nSPS) is 16.2. The van der Waals surface area contributed by atoms with Gasteiger partial charge in [-0.05, 0) is 34.9 Å². The van der Waals surface area contributed by atoms with Gasteiger partial charge in [-0.2, -0.15) is 0 Å². The number of fused-ring (bicyclic) bond motifs is 3. The fraction of sp³-hybridized carbons (Fsp3) is 0.385. The van der Waals surface area contributed by atoms with Gasteiger partial charge in [0.1, 0.15) is 8.07 Å². The molecule has 0 aromatic carbocycles. The third-order valence-corrected chi connectivity index (χ3v) is 14.7. The zero-order valence-electron chi connectivity index (χ0n) is 11.7. The number of sulfone groups is 1. The molecule has 2 aromatic rings. The standard InChI is InChI=1S/C13H15ClO2S3Si/c1-7-5-17-9-10-12(19(15,16)11(7)9)8(2)13(18-10)20(3,4)6-14/h5H,6H2,1-4H3. The minimum atomic E-state index is -3.33. The van der Waals surface area contributed by atoms with Crippen molar-refractivity contribution in [3.8, 4) is 9.75 Å². The van der Waals surface area contributed by atoms with Crippen molar-refractivity contribution in [1.29, 1.82) is 0 Å². The van der Waals surface area contributed by atoms with Gasteiger partial charge in [0.25, 0.3) is 0 Å². The highest BCUT2D eigenvalue weighted by Crippen LogP contribution is 2.52. The van der Waals surface area contributed by atoms with E-state index in [9.17, 15) is 8.42 Å². The summed E-state index contributed by atoms with van der Waals surface area (Å²) in [6, 6.07) is 0. The summed E-state index contributed by atoms with van der Waals surface area (Å²) in [5.41, 5.74) is 2.41. The van der Waals surface area contributed by atoms with Gasteiger partial charge in [-0.3, -0.25) is 0 Å². The van der Waals surface area contributed by atoms with Gasteiger partial charge in [0.05, 0.1) is 19.5 Å². The Bertz CT molecular complexity index is 815. The van der Waals surface area contributed by atoms with Crippen LogP contribution >= 0.6 is 34.3 Å². The van der Waals surface area contributed by atoms with Crippen molar-refractivity contribution in [2.45, 2.75) is 36.7 Å². The molecule has 20 heavy (non-hydrogen) atoms. The lowest BCUT2D eigenvalue weighted by Crippen LogP contribution is -2.43. The van der Waals surface area contributed by atoms with Crippen molar-refractivity contribution in [3.05, 3.63) is 16.5 Å². The van der Waals surface area contributed by atoms with E-state index < -0.39 is 17.9 Å². The average Bonchev–Trinajstić information content (AvgIpc) is 2.96. The van der Waals surface area contributed by atoms with Gasteiger partial charge >= 0.3 is 0 Å². The Morgan fingerprint density at radius 2 is 1.85 bits per heavy atom. The van der Waals surface area contributed by atoms with Gasteiger partial charge in [-0.1, -0.05) is 13.1 Å². The molecule has 0 saturated carbocycles. The second-order valence-corrected chi connectivity index (χ2v) is 15.2. The molecule has 2 nitrogen and oxygen atoms in total. The molecular formula is C13H15ClO2S3Si. The van der Waals surface area contributed by atoms with Crippen molar-refractivity contribution in [1.82, 2.24) is 0 Å². The highest BCUT2D eigenvalue weighted by atomic mass is 35.5. The predicted octanol–water partition coefficient (Wildman–Crippen LogP) is 3.93. The van der Waals surface area contributed by atoms with Crippen LogP contribution in [0, 0.1) is 13.8 Å². The van der Waals surface area contributed by atoms with E-state index in [1.165, 1.54) is 15.8 Å². The smallest absolute Gasteiger partial charge is 0.210 e. The van der Waals surface area contributed by atoms with Gasteiger partial charge in [0, 0.05) is 5.50 Å². The molecule has 2 aromatic heterocycles. The number of hydrogen-bond donors (Lipinski definition) is 0. The Morgan fingerprint density at radius 1 is 1.20 bits per heavy atom. The Balaban J connectivity index is 2.37. The van der Waals surface area contributed by atoms with E-state index in [2.05, 4.69) is 13.1 Å². The lowest BCUT2D eigenvalue weighted by molar-refractivity contribution is 0.598. The van der Waals surface area contributed by atoms with Crippen LogP contribution in [-0.4, -0.2) is 22.0 Å². The quantitative estimate of drug-likeness (QED) is 0.511. The molecule has 0 bridgehead atoms. The number of thiophene rings is 2. The summed E-state index contributed by atoms with van der Waals surface area (Å²) >= 11 is 9.30. The first-order valence-electron chi connectivity index (χ1n) is 6.25. The summed E-state index contributed by atoms with van der Waals surface area (Å²) in [5, 5.41) is 1.93. The molecule has 0 fully saturated rings. The number of hydrogen-bond acceptors (Lipinski definition) is 4. The third kappa shape index (κ3) is 1.75. The fourth-order valence-electron chi connectivity index (χ4n) is 2.70. The molecular weight excluding hydrogens is 348 g/mol. The molecule has 0 unspecified atom stereocenters. The van der Waals surface area contributed by atoms with E-state index in [1.54, 1.807) is 11.3 Å². The average molecular weight is 363 g/mol. The first kappa shape index (κ1) is 14.8. The molecule has 108 valence electrons. The number of aryl methyl sites for hydroxylation is 1. The van der Waals surface area contributed by atoms with Crippen molar-refractivity contribution >= 4 is 56.7 Å². The summed E-state index contributed by atoms with van der Waals surface area (Å²) in [5.74, 6) is 0. The maximum Gasteiger partial charge on any atom is 0.210 e. The fourth-order valence-corrected chi connectivity index (χ4v) is 11.5. The van der Waals surface area contributed by atoms with Crippen LogP contribution < -0.4 is 4.50 Å². The number of alkyl halides is 1. The van der Waals surface area contributed by atoms with Gasteiger partial charge in [-0.25, -0.2) is 8.42 Å². The largest absolute Gasteiger partial charge is 0.218 e. The van der Waals surface area contributed by atoms with Crippen LogP contribution in [0.25, 0.3) is 9.75 Å². The minimum absolute atomic E-state index is 0.531. The van der Waals surface area contributed by atoms with Gasteiger partial charge < -0.3 is 0 Å². The van der Waals surface area contributed by atoms with Crippen LogP contribution in [-0.2, 0) is 9.84 Å². The lowest BCUT2D eigenvalue weighted by atomic mass is 10.3.